The summed E-state index contributed by atoms with van der Waals surface area (Å²) in [5.74, 6) is 0. The predicted octanol–water partition coefficient (Wildman–Crippen LogP) is 2.78. The lowest BCUT2D eigenvalue weighted by molar-refractivity contribution is 0.0296. The van der Waals surface area contributed by atoms with Crippen molar-refractivity contribution in [3.8, 4) is 0 Å². The summed E-state index contributed by atoms with van der Waals surface area (Å²) in [5, 5.41) is 13.1. The number of aliphatic hydroxyl groups excluding tert-OH is 1. The average molecular weight is 314 g/mol. The van der Waals surface area contributed by atoms with E-state index in [-0.39, 0.29) is 18.1 Å². The number of carbonyl (C=O) groups excluding carboxylic acids is 1. The lowest BCUT2D eigenvalue weighted by atomic mass is 9.74. The molecule has 0 radical (unpaired) electrons. The van der Waals surface area contributed by atoms with Crippen molar-refractivity contribution >= 4 is 6.09 Å². The van der Waals surface area contributed by atoms with E-state index in [0.717, 1.165) is 32.4 Å². The van der Waals surface area contributed by atoms with E-state index < -0.39 is 5.60 Å². The first-order chi connectivity index (χ1) is 10.3. The summed E-state index contributed by atoms with van der Waals surface area (Å²) in [4.78, 5) is 13.4. The zero-order valence-corrected chi connectivity index (χ0v) is 14.8. The number of ether oxygens (including phenoxy) is 1. The van der Waals surface area contributed by atoms with Gasteiger partial charge in [-0.2, -0.15) is 0 Å². The molecule has 0 saturated heterocycles. The zero-order chi connectivity index (χ0) is 16.6. The van der Waals surface area contributed by atoms with Crippen LogP contribution in [0.5, 0.6) is 0 Å². The molecule has 1 fully saturated rings. The van der Waals surface area contributed by atoms with Gasteiger partial charge in [0.15, 0.2) is 0 Å². The number of aliphatic hydroxyl groups is 1. The van der Waals surface area contributed by atoms with Crippen LogP contribution in [0.25, 0.3) is 0 Å². The van der Waals surface area contributed by atoms with Gasteiger partial charge in [0.25, 0.3) is 0 Å². The monoisotopic (exact) mass is 314 g/mol. The first-order valence-electron chi connectivity index (χ1n) is 8.54. The minimum atomic E-state index is -0.446. The number of hydrogen-bond acceptors (Lipinski definition) is 4. The van der Waals surface area contributed by atoms with Gasteiger partial charge in [-0.3, -0.25) is 0 Å². The molecule has 0 aromatic heterocycles. The highest BCUT2D eigenvalue weighted by Gasteiger charge is 2.30. The largest absolute Gasteiger partial charge is 0.444 e. The molecule has 0 atom stereocenters. The highest BCUT2D eigenvalue weighted by atomic mass is 16.6. The second kappa shape index (κ2) is 8.73. The van der Waals surface area contributed by atoms with E-state index in [4.69, 9.17) is 4.74 Å². The van der Waals surface area contributed by atoms with Gasteiger partial charge < -0.3 is 20.1 Å². The summed E-state index contributed by atoms with van der Waals surface area (Å²) in [6.07, 6.45) is 6.60. The van der Waals surface area contributed by atoms with E-state index in [1.807, 2.05) is 20.8 Å². The molecule has 1 saturated carbocycles. The first kappa shape index (κ1) is 19.2. The van der Waals surface area contributed by atoms with Crippen LogP contribution in [-0.4, -0.2) is 55.0 Å². The van der Waals surface area contributed by atoms with Gasteiger partial charge in [-0.25, -0.2) is 4.79 Å². The van der Waals surface area contributed by atoms with E-state index in [1.165, 1.54) is 19.3 Å². The molecule has 1 amide bonds. The number of hydrogen-bond donors (Lipinski definition) is 2. The van der Waals surface area contributed by atoms with Crippen molar-refractivity contribution in [3.05, 3.63) is 0 Å². The van der Waals surface area contributed by atoms with Gasteiger partial charge in [-0.1, -0.05) is 19.3 Å². The summed E-state index contributed by atoms with van der Waals surface area (Å²) >= 11 is 0. The van der Waals surface area contributed by atoms with Gasteiger partial charge in [0.2, 0.25) is 0 Å². The summed E-state index contributed by atoms with van der Waals surface area (Å²) in [6, 6.07) is 0. The minimum absolute atomic E-state index is 0.0787. The van der Waals surface area contributed by atoms with E-state index in [1.54, 1.807) is 11.9 Å². The number of carbonyl (C=O) groups is 1. The van der Waals surface area contributed by atoms with Crippen molar-refractivity contribution in [3.63, 3.8) is 0 Å². The lowest BCUT2D eigenvalue weighted by Gasteiger charge is -2.35. The van der Waals surface area contributed by atoms with Crippen molar-refractivity contribution in [1.82, 2.24) is 10.2 Å². The molecule has 130 valence electrons. The molecule has 0 heterocycles. The molecule has 1 aliphatic rings. The van der Waals surface area contributed by atoms with Gasteiger partial charge in [0.05, 0.1) is 0 Å². The Morgan fingerprint density at radius 3 is 2.45 bits per heavy atom. The normalized spacial score (nSPS) is 18.0. The van der Waals surface area contributed by atoms with Crippen molar-refractivity contribution in [2.24, 2.45) is 5.41 Å². The Kier molecular flexibility index (Phi) is 7.63. The van der Waals surface area contributed by atoms with E-state index in [9.17, 15) is 9.90 Å². The fourth-order valence-electron chi connectivity index (χ4n) is 2.92. The topological polar surface area (TPSA) is 61.8 Å². The smallest absolute Gasteiger partial charge is 0.410 e. The fraction of sp³-hybridized carbons (Fsp3) is 0.941. The van der Waals surface area contributed by atoms with Crippen LogP contribution in [0.3, 0.4) is 0 Å². The molecule has 0 aliphatic heterocycles. The summed E-state index contributed by atoms with van der Waals surface area (Å²) in [5.41, 5.74) is -0.368. The van der Waals surface area contributed by atoms with Gasteiger partial charge in [-0.15, -0.1) is 0 Å². The maximum atomic E-state index is 11.8. The molecule has 1 rings (SSSR count). The zero-order valence-electron chi connectivity index (χ0n) is 14.8. The third-order valence-corrected chi connectivity index (χ3v) is 4.30. The van der Waals surface area contributed by atoms with Crippen molar-refractivity contribution in [2.45, 2.75) is 64.9 Å². The van der Waals surface area contributed by atoms with Crippen molar-refractivity contribution < 1.29 is 14.6 Å². The van der Waals surface area contributed by atoms with Gasteiger partial charge >= 0.3 is 6.09 Å². The summed E-state index contributed by atoms with van der Waals surface area (Å²) in [7, 11) is 1.77. The van der Waals surface area contributed by atoms with Crippen LogP contribution in [0, 0.1) is 5.41 Å². The molecule has 0 aromatic rings. The maximum absolute atomic E-state index is 11.8. The van der Waals surface area contributed by atoms with Crippen LogP contribution in [0.15, 0.2) is 0 Å². The molecular formula is C17H34N2O3. The Morgan fingerprint density at radius 2 is 1.91 bits per heavy atom. The Hall–Kier alpha value is -0.810. The van der Waals surface area contributed by atoms with Crippen LogP contribution >= 0.6 is 0 Å². The Bertz CT molecular complexity index is 333. The molecule has 0 bridgehead atoms. The highest BCUT2D eigenvalue weighted by molar-refractivity contribution is 5.67. The second-order valence-corrected chi connectivity index (χ2v) is 7.65. The van der Waals surface area contributed by atoms with E-state index in [2.05, 4.69) is 5.32 Å². The Morgan fingerprint density at radius 1 is 1.27 bits per heavy atom. The van der Waals surface area contributed by atoms with Gasteiger partial charge in [-0.05, 0) is 46.6 Å². The minimum Gasteiger partial charge on any atom is -0.444 e. The average Bonchev–Trinajstić information content (AvgIpc) is 2.46. The molecule has 0 spiro atoms. The third-order valence-electron chi connectivity index (χ3n) is 4.30. The Labute approximate surface area is 135 Å². The number of amides is 1. The number of rotatable bonds is 7. The molecule has 5 nitrogen and oxygen atoms in total. The van der Waals surface area contributed by atoms with Crippen LogP contribution in [-0.2, 0) is 4.74 Å². The predicted molar refractivity (Wildman–Crippen MR) is 89.0 cm³/mol. The molecule has 1 aliphatic carbocycles. The maximum Gasteiger partial charge on any atom is 0.410 e. The molecule has 5 heteroatoms. The highest BCUT2D eigenvalue weighted by Crippen LogP contribution is 2.35. The van der Waals surface area contributed by atoms with Gasteiger partial charge in [0, 0.05) is 32.2 Å². The first-order valence-corrected chi connectivity index (χ1v) is 8.54. The van der Waals surface area contributed by atoms with Crippen molar-refractivity contribution in [2.75, 3.05) is 33.3 Å². The number of nitrogens with zero attached hydrogens (tertiary/aromatic N) is 1. The third kappa shape index (κ3) is 6.97. The molecular weight excluding hydrogens is 280 g/mol. The number of nitrogens with one attached hydrogen (secondary N) is 1. The molecule has 22 heavy (non-hydrogen) atoms. The van der Waals surface area contributed by atoms with Gasteiger partial charge in [0.1, 0.15) is 5.60 Å². The standard InChI is InChI=1S/C17H34N2O3/c1-16(2,3)22-15(21)19(4)12-8-11-18-13-17(14-20)9-6-5-7-10-17/h18,20H,5-14H2,1-4H3. The van der Waals surface area contributed by atoms with Crippen LogP contribution in [0.2, 0.25) is 0 Å². The summed E-state index contributed by atoms with van der Waals surface area (Å²) in [6.45, 7) is 8.30. The molecule has 0 aromatic carbocycles. The molecule has 2 N–H and O–H groups in total. The lowest BCUT2D eigenvalue weighted by Crippen LogP contribution is -2.40. The van der Waals surface area contributed by atoms with Crippen LogP contribution in [0.1, 0.15) is 59.3 Å². The summed E-state index contributed by atoms with van der Waals surface area (Å²) < 4.78 is 5.32. The molecule has 0 unspecified atom stereocenters. The van der Waals surface area contributed by atoms with E-state index >= 15 is 0 Å². The quantitative estimate of drug-likeness (QED) is 0.709. The fourth-order valence-corrected chi connectivity index (χ4v) is 2.92. The van der Waals surface area contributed by atoms with Crippen molar-refractivity contribution in [1.29, 1.82) is 0 Å². The van der Waals surface area contributed by atoms with E-state index in [0.29, 0.717) is 6.54 Å². The van der Waals surface area contributed by atoms with Crippen LogP contribution in [0.4, 0.5) is 4.79 Å². The van der Waals surface area contributed by atoms with Crippen LogP contribution < -0.4 is 5.32 Å². The second-order valence-electron chi connectivity index (χ2n) is 7.65. The Balaban J connectivity index is 2.18. The SMILES string of the molecule is CN(CCCNCC1(CO)CCCCC1)C(=O)OC(C)(C)C.